The fourth-order valence-corrected chi connectivity index (χ4v) is 2.76. The molecular formula is C16H21BN2O5. The van der Waals surface area contributed by atoms with Crippen LogP contribution in [0.1, 0.15) is 26.7 Å². The highest BCUT2D eigenvalue weighted by Gasteiger charge is 2.39. The molecule has 0 spiro atoms. The van der Waals surface area contributed by atoms with Gasteiger partial charge < -0.3 is 14.9 Å². The summed E-state index contributed by atoms with van der Waals surface area (Å²) in [6.45, 7) is 3.26. The number of hydrogen-bond acceptors (Lipinski definition) is 5. The monoisotopic (exact) mass is 332 g/mol. The number of nitrogens with zero attached hydrogens (tertiary/aromatic N) is 2. The van der Waals surface area contributed by atoms with E-state index in [1.165, 1.54) is 11.8 Å². The largest absolute Gasteiger partial charge is 0.475 e. The summed E-state index contributed by atoms with van der Waals surface area (Å²) in [7, 11) is -1.69. The van der Waals surface area contributed by atoms with E-state index in [2.05, 4.69) is 0 Å². The van der Waals surface area contributed by atoms with E-state index >= 15 is 0 Å². The Bertz CT molecular complexity index is 638. The molecule has 1 aliphatic heterocycles. The van der Waals surface area contributed by atoms with Crippen molar-refractivity contribution in [3.05, 3.63) is 35.5 Å². The number of amides is 3. The van der Waals surface area contributed by atoms with Gasteiger partial charge >= 0.3 is 7.12 Å². The molecule has 0 aromatic heterocycles. The Balaban J connectivity index is 2.14. The summed E-state index contributed by atoms with van der Waals surface area (Å²) in [5.74, 6) is -2.26. The lowest BCUT2D eigenvalue weighted by Crippen LogP contribution is -2.52. The van der Waals surface area contributed by atoms with Crippen molar-refractivity contribution < 1.29 is 24.4 Å². The van der Waals surface area contributed by atoms with Gasteiger partial charge in [-0.3, -0.25) is 19.3 Å². The van der Waals surface area contributed by atoms with Gasteiger partial charge in [0.15, 0.2) is 0 Å². The van der Waals surface area contributed by atoms with Crippen LogP contribution in [0.3, 0.4) is 0 Å². The lowest BCUT2D eigenvalue weighted by atomic mass is 9.79. The SMILES string of the molecule is CCCN(C(=O)CN1C(=O)C2=C(CC=CC=C2)C1=O)C(C)B(O)O. The first-order chi connectivity index (χ1) is 11.4. The van der Waals surface area contributed by atoms with E-state index in [9.17, 15) is 24.4 Å². The third-order valence-corrected chi connectivity index (χ3v) is 4.14. The molecule has 0 fully saturated rings. The highest BCUT2D eigenvalue weighted by molar-refractivity contribution is 6.43. The first-order valence-corrected chi connectivity index (χ1v) is 7.96. The third-order valence-electron chi connectivity index (χ3n) is 4.14. The van der Waals surface area contributed by atoms with Crippen molar-refractivity contribution in [2.75, 3.05) is 13.1 Å². The highest BCUT2D eigenvalue weighted by atomic mass is 16.4. The van der Waals surface area contributed by atoms with Crippen molar-refractivity contribution in [3.8, 4) is 0 Å². The van der Waals surface area contributed by atoms with Crippen LogP contribution < -0.4 is 0 Å². The topological polar surface area (TPSA) is 98.2 Å². The summed E-state index contributed by atoms with van der Waals surface area (Å²) in [5, 5.41) is 18.6. The zero-order chi connectivity index (χ0) is 17.9. The van der Waals surface area contributed by atoms with Gasteiger partial charge in [-0.15, -0.1) is 0 Å². The summed E-state index contributed by atoms with van der Waals surface area (Å²) in [4.78, 5) is 39.6. The Hall–Kier alpha value is -2.19. The number of allylic oxidation sites excluding steroid dienone is 3. The molecular weight excluding hydrogens is 311 g/mol. The number of imide groups is 1. The molecule has 0 aromatic carbocycles. The first kappa shape index (κ1) is 18.2. The third kappa shape index (κ3) is 3.49. The molecule has 2 aliphatic rings. The van der Waals surface area contributed by atoms with Gasteiger partial charge in [0.25, 0.3) is 11.8 Å². The van der Waals surface area contributed by atoms with Crippen LogP contribution in [0.15, 0.2) is 35.5 Å². The molecule has 1 aliphatic carbocycles. The van der Waals surface area contributed by atoms with E-state index < -0.39 is 37.3 Å². The van der Waals surface area contributed by atoms with E-state index in [1.54, 1.807) is 24.3 Å². The zero-order valence-electron chi connectivity index (χ0n) is 13.8. The maximum absolute atomic E-state index is 12.5. The molecule has 1 heterocycles. The molecule has 0 saturated carbocycles. The van der Waals surface area contributed by atoms with Gasteiger partial charge in [-0.2, -0.15) is 0 Å². The Kier molecular flexibility index (Phi) is 5.74. The van der Waals surface area contributed by atoms with Crippen LogP contribution in [0, 0.1) is 0 Å². The summed E-state index contributed by atoms with van der Waals surface area (Å²) in [6, 6.07) is 0. The Labute approximate surface area is 141 Å². The van der Waals surface area contributed by atoms with E-state index in [4.69, 9.17) is 0 Å². The average Bonchev–Trinajstić information content (AvgIpc) is 2.75. The molecule has 8 heteroatoms. The van der Waals surface area contributed by atoms with Gasteiger partial charge in [0, 0.05) is 17.7 Å². The average molecular weight is 332 g/mol. The summed E-state index contributed by atoms with van der Waals surface area (Å²) in [5.41, 5.74) is 0.699. The maximum atomic E-state index is 12.5. The summed E-state index contributed by atoms with van der Waals surface area (Å²) >= 11 is 0. The highest BCUT2D eigenvalue weighted by Crippen LogP contribution is 2.26. The van der Waals surface area contributed by atoms with Gasteiger partial charge in [-0.1, -0.05) is 25.2 Å². The maximum Gasteiger partial charge on any atom is 0.475 e. The number of carbonyl (C=O) groups excluding carboxylic acids is 3. The molecule has 0 radical (unpaired) electrons. The Morgan fingerprint density at radius 2 is 2.04 bits per heavy atom. The van der Waals surface area contributed by atoms with Crippen molar-refractivity contribution in [2.24, 2.45) is 0 Å². The normalized spacial score (nSPS) is 17.9. The quantitative estimate of drug-likeness (QED) is 0.519. The molecule has 0 bridgehead atoms. The van der Waals surface area contributed by atoms with Crippen LogP contribution >= 0.6 is 0 Å². The second-order valence-corrected chi connectivity index (χ2v) is 5.82. The summed E-state index contributed by atoms with van der Waals surface area (Å²) < 4.78 is 0. The van der Waals surface area contributed by atoms with Gasteiger partial charge in [-0.05, 0) is 25.8 Å². The predicted molar refractivity (Wildman–Crippen MR) is 88.3 cm³/mol. The zero-order valence-corrected chi connectivity index (χ0v) is 13.8. The van der Waals surface area contributed by atoms with Gasteiger partial charge in [-0.25, -0.2) is 0 Å². The minimum absolute atomic E-state index is 0.309. The predicted octanol–water partition coefficient (Wildman–Crippen LogP) is -0.193. The molecule has 24 heavy (non-hydrogen) atoms. The molecule has 2 rings (SSSR count). The molecule has 128 valence electrons. The fourth-order valence-electron chi connectivity index (χ4n) is 2.76. The molecule has 1 unspecified atom stereocenters. The van der Waals surface area contributed by atoms with Crippen molar-refractivity contribution in [1.29, 1.82) is 0 Å². The van der Waals surface area contributed by atoms with Gasteiger partial charge in [0.2, 0.25) is 5.91 Å². The van der Waals surface area contributed by atoms with Gasteiger partial charge in [0.05, 0.1) is 5.94 Å². The first-order valence-electron chi connectivity index (χ1n) is 7.96. The van der Waals surface area contributed by atoms with Crippen LogP contribution in [-0.4, -0.2) is 63.7 Å². The summed E-state index contributed by atoms with van der Waals surface area (Å²) in [6.07, 6.45) is 7.78. The van der Waals surface area contributed by atoms with E-state index in [-0.39, 0.29) is 0 Å². The Morgan fingerprint density at radius 1 is 1.33 bits per heavy atom. The molecule has 1 atom stereocenters. The van der Waals surface area contributed by atoms with Crippen molar-refractivity contribution in [3.63, 3.8) is 0 Å². The second kappa shape index (κ2) is 7.59. The van der Waals surface area contributed by atoms with E-state index in [0.717, 1.165) is 4.90 Å². The van der Waals surface area contributed by atoms with Crippen LogP contribution in [0.25, 0.3) is 0 Å². The van der Waals surface area contributed by atoms with E-state index in [1.807, 2.05) is 6.92 Å². The standard InChI is InChI=1S/C16H21BN2O5/c1-3-9-18(11(2)17(23)24)14(20)10-19-15(21)12-7-5-4-6-8-13(12)16(19)22/h4-7,11,23-24H,3,8-10H2,1-2H3. The molecule has 2 N–H and O–H groups in total. The van der Waals surface area contributed by atoms with Gasteiger partial charge in [0.1, 0.15) is 6.54 Å². The molecule has 7 nitrogen and oxygen atoms in total. The number of carbonyl (C=O) groups is 3. The fraction of sp³-hybridized carbons (Fsp3) is 0.438. The second-order valence-electron chi connectivity index (χ2n) is 5.82. The Morgan fingerprint density at radius 3 is 2.67 bits per heavy atom. The van der Waals surface area contributed by atoms with Crippen molar-refractivity contribution >= 4 is 24.8 Å². The number of rotatable bonds is 6. The number of hydrogen-bond donors (Lipinski definition) is 2. The van der Waals surface area contributed by atoms with Crippen LogP contribution in [0.4, 0.5) is 0 Å². The molecule has 3 amide bonds. The van der Waals surface area contributed by atoms with Crippen molar-refractivity contribution in [2.45, 2.75) is 32.6 Å². The van der Waals surface area contributed by atoms with Crippen LogP contribution in [0.2, 0.25) is 0 Å². The lowest BCUT2D eigenvalue weighted by Gasteiger charge is -2.30. The minimum Gasteiger partial charge on any atom is -0.426 e. The molecule has 0 aromatic rings. The minimum atomic E-state index is -1.69. The van der Waals surface area contributed by atoms with Crippen LogP contribution in [-0.2, 0) is 14.4 Å². The smallest absolute Gasteiger partial charge is 0.426 e. The lowest BCUT2D eigenvalue weighted by molar-refractivity contribution is -0.145. The molecule has 0 saturated heterocycles. The van der Waals surface area contributed by atoms with Crippen LogP contribution in [0.5, 0.6) is 0 Å². The van der Waals surface area contributed by atoms with Crippen molar-refractivity contribution in [1.82, 2.24) is 9.80 Å². The van der Waals surface area contributed by atoms with E-state index in [0.29, 0.717) is 30.5 Å².